The lowest BCUT2D eigenvalue weighted by Gasteiger charge is -2.14. The Bertz CT molecular complexity index is 601. The van der Waals surface area contributed by atoms with E-state index in [9.17, 15) is 4.79 Å². The molecule has 0 aliphatic carbocycles. The summed E-state index contributed by atoms with van der Waals surface area (Å²) in [5, 5.41) is 2.82. The van der Waals surface area contributed by atoms with Gasteiger partial charge in [-0.05, 0) is 6.42 Å². The number of carbonyl (C=O) groups is 1. The molecular formula is C15H19N3O4. The van der Waals surface area contributed by atoms with Crippen molar-refractivity contribution in [2.45, 2.75) is 12.8 Å². The highest BCUT2D eigenvalue weighted by Crippen LogP contribution is 2.39. The van der Waals surface area contributed by atoms with E-state index in [2.05, 4.69) is 15.3 Å². The number of nitrogens with zero attached hydrogens (tertiary/aromatic N) is 1. The van der Waals surface area contributed by atoms with E-state index in [1.54, 1.807) is 24.7 Å². The maximum Gasteiger partial charge on any atom is 0.224 e. The van der Waals surface area contributed by atoms with Crippen LogP contribution in [0.1, 0.15) is 12.1 Å². The summed E-state index contributed by atoms with van der Waals surface area (Å²) in [6.07, 6.45) is 4.23. The lowest BCUT2D eigenvalue weighted by atomic mass is 10.2. The molecule has 0 fully saturated rings. The number of nitrogens with one attached hydrogen (secondary N) is 2. The number of aromatic amines is 1. The molecule has 0 saturated heterocycles. The van der Waals surface area contributed by atoms with Gasteiger partial charge in [0.15, 0.2) is 11.5 Å². The standard InChI is InChI=1S/C15H19N3O4/c1-20-12-6-11(7-13(21-2)15(12)22-3)18-14(19)5-4-10-8-16-9-17-10/h6-9H,4-5H2,1-3H3,(H,16,17)(H,18,19). The number of methoxy groups -OCH3 is 3. The van der Waals surface area contributed by atoms with E-state index >= 15 is 0 Å². The molecule has 0 spiro atoms. The molecule has 1 aromatic heterocycles. The van der Waals surface area contributed by atoms with Crippen LogP contribution in [0.2, 0.25) is 0 Å². The Morgan fingerprint density at radius 3 is 2.36 bits per heavy atom. The fourth-order valence-electron chi connectivity index (χ4n) is 2.05. The summed E-state index contributed by atoms with van der Waals surface area (Å²) in [6.45, 7) is 0. The first-order valence-corrected chi connectivity index (χ1v) is 6.75. The van der Waals surface area contributed by atoms with Gasteiger partial charge in [-0.2, -0.15) is 0 Å². The summed E-state index contributed by atoms with van der Waals surface area (Å²) in [4.78, 5) is 18.9. The molecule has 2 rings (SSSR count). The van der Waals surface area contributed by atoms with Crippen molar-refractivity contribution < 1.29 is 19.0 Å². The number of rotatable bonds is 7. The molecule has 1 aromatic carbocycles. The Hall–Kier alpha value is -2.70. The number of benzene rings is 1. The average Bonchev–Trinajstić information content (AvgIpc) is 3.05. The predicted octanol–water partition coefficient (Wildman–Crippen LogP) is 2.01. The van der Waals surface area contributed by atoms with Crippen molar-refractivity contribution in [3.05, 3.63) is 30.4 Å². The Kier molecular flexibility index (Phi) is 5.24. The first kappa shape index (κ1) is 15.7. The molecule has 7 heteroatoms. The Morgan fingerprint density at radius 1 is 1.18 bits per heavy atom. The normalized spacial score (nSPS) is 10.1. The van der Waals surface area contributed by atoms with Crippen molar-refractivity contribution in [1.29, 1.82) is 0 Å². The van der Waals surface area contributed by atoms with E-state index in [4.69, 9.17) is 14.2 Å². The number of anilines is 1. The van der Waals surface area contributed by atoms with Crippen LogP contribution in [-0.2, 0) is 11.2 Å². The number of hydrogen-bond donors (Lipinski definition) is 2. The van der Waals surface area contributed by atoms with Gasteiger partial charge in [-0.15, -0.1) is 0 Å². The average molecular weight is 305 g/mol. The van der Waals surface area contributed by atoms with Crippen molar-refractivity contribution >= 4 is 11.6 Å². The van der Waals surface area contributed by atoms with E-state index in [0.29, 0.717) is 35.8 Å². The summed E-state index contributed by atoms with van der Waals surface area (Å²) >= 11 is 0. The number of imidazole rings is 1. The van der Waals surface area contributed by atoms with Crippen LogP contribution in [0, 0.1) is 0 Å². The molecule has 0 aliphatic rings. The number of hydrogen-bond acceptors (Lipinski definition) is 5. The third-order valence-corrected chi connectivity index (χ3v) is 3.12. The van der Waals surface area contributed by atoms with Crippen LogP contribution in [0.5, 0.6) is 17.2 Å². The summed E-state index contributed by atoms with van der Waals surface area (Å²) in [5.41, 5.74) is 1.50. The van der Waals surface area contributed by atoms with Crippen LogP contribution in [-0.4, -0.2) is 37.2 Å². The molecule has 0 aliphatic heterocycles. The SMILES string of the molecule is COc1cc(NC(=O)CCc2cnc[nH]2)cc(OC)c1OC. The van der Waals surface area contributed by atoms with Crippen LogP contribution in [0.25, 0.3) is 0 Å². The van der Waals surface area contributed by atoms with Gasteiger partial charge < -0.3 is 24.5 Å². The molecule has 0 saturated carbocycles. The Labute approximate surface area is 128 Å². The molecule has 2 N–H and O–H groups in total. The van der Waals surface area contributed by atoms with E-state index in [-0.39, 0.29) is 5.91 Å². The molecule has 0 unspecified atom stereocenters. The zero-order valence-electron chi connectivity index (χ0n) is 12.8. The molecule has 0 radical (unpaired) electrons. The minimum Gasteiger partial charge on any atom is -0.493 e. The van der Waals surface area contributed by atoms with Crippen molar-refractivity contribution in [1.82, 2.24) is 9.97 Å². The van der Waals surface area contributed by atoms with Crippen LogP contribution >= 0.6 is 0 Å². The number of carbonyl (C=O) groups excluding carboxylic acids is 1. The molecule has 2 aromatic rings. The first-order valence-electron chi connectivity index (χ1n) is 6.75. The summed E-state index contributed by atoms with van der Waals surface area (Å²) in [7, 11) is 4.59. The van der Waals surface area contributed by atoms with Crippen molar-refractivity contribution in [3.63, 3.8) is 0 Å². The summed E-state index contributed by atoms with van der Waals surface area (Å²) in [5.74, 6) is 1.36. The number of ether oxygens (including phenoxy) is 3. The number of amides is 1. The fraction of sp³-hybridized carbons (Fsp3) is 0.333. The second kappa shape index (κ2) is 7.35. The van der Waals surface area contributed by atoms with Gasteiger partial charge in [0.2, 0.25) is 11.7 Å². The second-order valence-electron chi connectivity index (χ2n) is 4.54. The van der Waals surface area contributed by atoms with E-state index in [0.717, 1.165) is 5.69 Å². The van der Waals surface area contributed by atoms with Gasteiger partial charge in [-0.3, -0.25) is 4.79 Å². The summed E-state index contributed by atoms with van der Waals surface area (Å²) in [6, 6.07) is 3.38. The predicted molar refractivity (Wildman–Crippen MR) is 81.6 cm³/mol. The summed E-state index contributed by atoms with van der Waals surface area (Å²) < 4.78 is 15.7. The maximum atomic E-state index is 12.0. The minimum atomic E-state index is -0.108. The van der Waals surface area contributed by atoms with Crippen molar-refractivity contribution in [2.24, 2.45) is 0 Å². The molecule has 22 heavy (non-hydrogen) atoms. The minimum absolute atomic E-state index is 0.108. The van der Waals surface area contributed by atoms with Crippen LogP contribution < -0.4 is 19.5 Å². The van der Waals surface area contributed by atoms with Crippen LogP contribution in [0.3, 0.4) is 0 Å². The molecular weight excluding hydrogens is 286 g/mol. The maximum absolute atomic E-state index is 12.0. The highest BCUT2D eigenvalue weighted by molar-refractivity contribution is 5.91. The number of H-pyrrole nitrogens is 1. The fourth-order valence-corrected chi connectivity index (χ4v) is 2.05. The van der Waals surface area contributed by atoms with E-state index < -0.39 is 0 Å². The lowest BCUT2D eigenvalue weighted by Crippen LogP contribution is -2.12. The van der Waals surface area contributed by atoms with Gasteiger partial charge in [-0.1, -0.05) is 0 Å². The quantitative estimate of drug-likeness (QED) is 0.817. The molecule has 1 amide bonds. The van der Waals surface area contributed by atoms with Crippen molar-refractivity contribution in [2.75, 3.05) is 26.6 Å². The topological polar surface area (TPSA) is 85.5 Å². The number of aryl methyl sites for hydroxylation is 1. The van der Waals surface area contributed by atoms with Gasteiger partial charge in [0.1, 0.15) is 0 Å². The van der Waals surface area contributed by atoms with Gasteiger partial charge >= 0.3 is 0 Å². The molecule has 118 valence electrons. The highest BCUT2D eigenvalue weighted by Gasteiger charge is 2.14. The third-order valence-electron chi connectivity index (χ3n) is 3.12. The van der Waals surface area contributed by atoms with Gasteiger partial charge in [0.25, 0.3) is 0 Å². The second-order valence-corrected chi connectivity index (χ2v) is 4.54. The highest BCUT2D eigenvalue weighted by atomic mass is 16.5. The first-order chi connectivity index (χ1) is 10.7. The van der Waals surface area contributed by atoms with E-state index in [1.807, 2.05) is 0 Å². The molecule has 0 bridgehead atoms. The van der Waals surface area contributed by atoms with E-state index in [1.165, 1.54) is 21.3 Å². The van der Waals surface area contributed by atoms with Crippen LogP contribution in [0.15, 0.2) is 24.7 Å². The number of aromatic nitrogens is 2. The largest absolute Gasteiger partial charge is 0.493 e. The molecule has 1 heterocycles. The molecule has 7 nitrogen and oxygen atoms in total. The van der Waals surface area contributed by atoms with Gasteiger partial charge in [0.05, 0.1) is 27.7 Å². The smallest absolute Gasteiger partial charge is 0.224 e. The Morgan fingerprint density at radius 2 is 1.86 bits per heavy atom. The lowest BCUT2D eigenvalue weighted by molar-refractivity contribution is -0.116. The monoisotopic (exact) mass is 305 g/mol. The van der Waals surface area contributed by atoms with Gasteiger partial charge in [0, 0.05) is 36.1 Å². The van der Waals surface area contributed by atoms with Gasteiger partial charge in [-0.25, -0.2) is 4.98 Å². The van der Waals surface area contributed by atoms with Crippen LogP contribution in [0.4, 0.5) is 5.69 Å². The Balaban J connectivity index is 2.06. The zero-order valence-corrected chi connectivity index (χ0v) is 12.8. The zero-order chi connectivity index (χ0) is 15.9. The molecule has 0 atom stereocenters. The third kappa shape index (κ3) is 3.69. The van der Waals surface area contributed by atoms with Crippen molar-refractivity contribution in [3.8, 4) is 17.2 Å².